The molecule has 1 unspecified atom stereocenters. The molecule has 6 nitrogen and oxygen atoms in total. The summed E-state index contributed by atoms with van der Waals surface area (Å²) < 4.78 is 1.64. The fourth-order valence-corrected chi connectivity index (χ4v) is 3.35. The van der Waals surface area contributed by atoms with Gasteiger partial charge in [0.2, 0.25) is 0 Å². The van der Waals surface area contributed by atoms with E-state index in [2.05, 4.69) is 10.4 Å². The van der Waals surface area contributed by atoms with E-state index < -0.39 is 12.0 Å². The van der Waals surface area contributed by atoms with Crippen LogP contribution < -0.4 is 5.32 Å². The molecule has 0 saturated heterocycles. The van der Waals surface area contributed by atoms with Gasteiger partial charge in [0.1, 0.15) is 11.7 Å². The Labute approximate surface area is 143 Å². The lowest BCUT2D eigenvalue weighted by Gasteiger charge is -2.25. The van der Waals surface area contributed by atoms with Crippen molar-refractivity contribution in [2.75, 3.05) is 0 Å². The van der Waals surface area contributed by atoms with Crippen molar-refractivity contribution in [2.45, 2.75) is 77.8 Å². The van der Waals surface area contributed by atoms with Crippen LogP contribution in [0.25, 0.3) is 0 Å². The molecule has 0 radical (unpaired) electrons. The molecule has 2 rings (SSSR count). The molecule has 1 saturated carbocycles. The molecule has 0 bridgehead atoms. The fourth-order valence-electron chi connectivity index (χ4n) is 3.35. The largest absolute Gasteiger partial charge is 0.480 e. The first kappa shape index (κ1) is 18.5. The molecule has 0 spiro atoms. The van der Waals surface area contributed by atoms with Crippen LogP contribution in [-0.4, -0.2) is 32.8 Å². The van der Waals surface area contributed by atoms with Gasteiger partial charge in [0, 0.05) is 6.54 Å². The summed E-state index contributed by atoms with van der Waals surface area (Å²) in [5.74, 6) is -0.690. The van der Waals surface area contributed by atoms with Crippen molar-refractivity contribution in [1.82, 2.24) is 15.1 Å². The lowest BCUT2D eigenvalue weighted by Crippen LogP contribution is -2.43. The van der Waals surface area contributed by atoms with Crippen LogP contribution in [0, 0.1) is 5.92 Å². The summed E-state index contributed by atoms with van der Waals surface area (Å²) in [7, 11) is 0. The maximum atomic E-state index is 12.6. The highest BCUT2D eigenvalue weighted by Crippen LogP contribution is 2.27. The minimum atomic E-state index is -0.958. The Hall–Kier alpha value is -1.85. The number of carbonyl (C=O) groups excluding carboxylic acids is 1. The Morgan fingerprint density at radius 1 is 1.33 bits per heavy atom. The number of nitrogens with zero attached hydrogens (tertiary/aromatic N) is 2. The molecule has 1 aliphatic rings. The zero-order valence-corrected chi connectivity index (χ0v) is 14.9. The molecule has 2 N–H and O–H groups in total. The van der Waals surface area contributed by atoms with Crippen LogP contribution >= 0.6 is 0 Å². The third-order valence-corrected chi connectivity index (χ3v) is 4.82. The van der Waals surface area contributed by atoms with E-state index in [0.717, 1.165) is 31.4 Å². The van der Waals surface area contributed by atoms with Crippen LogP contribution in [0.5, 0.6) is 0 Å². The van der Waals surface area contributed by atoms with E-state index in [1.807, 2.05) is 20.8 Å². The van der Waals surface area contributed by atoms with Crippen molar-refractivity contribution >= 4 is 11.9 Å². The normalized spacial score (nSPS) is 17.0. The first-order valence-corrected chi connectivity index (χ1v) is 9.03. The predicted molar refractivity (Wildman–Crippen MR) is 92.1 cm³/mol. The van der Waals surface area contributed by atoms with E-state index in [0.29, 0.717) is 24.6 Å². The van der Waals surface area contributed by atoms with Crippen molar-refractivity contribution in [3.63, 3.8) is 0 Å². The van der Waals surface area contributed by atoms with Gasteiger partial charge in [-0.1, -0.05) is 46.0 Å². The summed E-state index contributed by atoms with van der Waals surface area (Å²) in [6.45, 7) is 6.54. The molecule has 0 aliphatic heterocycles. The van der Waals surface area contributed by atoms with Gasteiger partial charge in [0.15, 0.2) is 0 Å². The standard InChI is InChI=1S/C18H29N3O3/c1-4-21-16(11-14(20-21)12(2)3)17(22)19-15(18(23)24)10-13-8-6-5-7-9-13/h11-13,15H,4-10H2,1-3H3,(H,19,22)(H,23,24). The highest BCUT2D eigenvalue weighted by molar-refractivity contribution is 5.95. The molecule has 1 aromatic heterocycles. The summed E-state index contributed by atoms with van der Waals surface area (Å²) >= 11 is 0. The van der Waals surface area contributed by atoms with Gasteiger partial charge in [-0.2, -0.15) is 5.10 Å². The Morgan fingerprint density at radius 3 is 2.54 bits per heavy atom. The molecular weight excluding hydrogens is 306 g/mol. The van der Waals surface area contributed by atoms with Crippen LogP contribution in [0.1, 0.15) is 81.4 Å². The highest BCUT2D eigenvalue weighted by Gasteiger charge is 2.27. The van der Waals surface area contributed by atoms with Crippen LogP contribution in [0.3, 0.4) is 0 Å². The Morgan fingerprint density at radius 2 is 2.00 bits per heavy atom. The minimum Gasteiger partial charge on any atom is -0.480 e. The summed E-state index contributed by atoms with van der Waals surface area (Å²) in [5, 5.41) is 16.6. The van der Waals surface area contributed by atoms with E-state index >= 15 is 0 Å². The maximum Gasteiger partial charge on any atom is 0.326 e. The number of aromatic nitrogens is 2. The first-order chi connectivity index (χ1) is 11.4. The number of hydrogen-bond acceptors (Lipinski definition) is 3. The van der Waals surface area contributed by atoms with Crippen molar-refractivity contribution < 1.29 is 14.7 Å². The van der Waals surface area contributed by atoms with Gasteiger partial charge in [-0.15, -0.1) is 0 Å². The number of amides is 1. The number of hydrogen-bond donors (Lipinski definition) is 2. The zero-order valence-electron chi connectivity index (χ0n) is 14.9. The van der Waals surface area contributed by atoms with Crippen LogP contribution in [0.4, 0.5) is 0 Å². The molecule has 0 aromatic carbocycles. The second-order valence-corrected chi connectivity index (χ2v) is 7.03. The summed E-state index contributed by atoms with van der Waals surface area (Å²) in [6, 6.07) is 0.937. The maximum absolute atomic E-state index is 12.6. The molecule has 134 valence electrons. The minimum absolute atomic E-state index is 0.224. The lowest BCUT2D eigenvalue weighted by atomic mass is 9.85. The number of aryl methyl sites for hydroxylation is 1. The highest BCUT2D eigenvalue weighted by atomic mass is 16.4. The third kappa shape index (κ3) is 4.58. The molecule has 6 heteroatoms. The van der Waals surface area contributed by atoms with Crippen LogP contribution in [0.2, 0.25) is 0 Å². The first-order valence-electron chi connectivity index (χ1n) is 9.03. The molecule has 1 atom stereocenters. The van der Waals surface area contributed by atoms with E-state index in [1.165, 1.54) is 6.42 Å². The number of rotatable bonds is 7. The number of nitrogens with one attached hydrogen (secondary N) is 1. The zero-order chi connectivity index (χ0) is 17.7. The van der Waals surface area contributed by atoms with E-state index in [-0.39, 0.29) is 11.8 Å². The SMILES string of the molecule is CCn1nc(C(C)C)cc1C(=O)NC(CC1CCCCC1)C(=O)O. The third-order valence-electron chi connectivity index (χ3n) is 4.82. The summed E-state index contributed by atoms with van der Waals surface area (Å²) in [5.41, 5.74) is 1.29. The Balaban J connectivity index is 2.08. The fraction of sp³-hybridized carbons (Fsp3) is 0.722. The van der Waals surface area contributed by atoms with Gasteiger partial charge in [-0.3, -0.25) is 9.48 Å². The van der Waals surface area contributed by atoms with E-state index in [4.69, 9.17) is 0 Å². The Kier molecular flexibility index (Phi) is 6.40. The lowest BCUT2D eigenvalue weighted by molar-refractivity contribution is -0.139. The topological polar surface area (TPSA) is 84.2 Å². The molecule has 1 heterocycles. The average molecular weight is 335 g/mol. The number of carbonyl (C=O) groups is 2. The summed E-state index contributed by atoms with van der Waals surface area (Å²) in [6.07, 6.45) is 6.18. The second kappa shape index (κ2) is 8.31. The van der Waals surface area contributed by atoms with Gasteiger partial charge in [-0.25, -0.2) is 4.79 Å². The molecule has 24 heavy (non-hydrogen) atoms. The molecule has 1 aromatic rings. The molecular formula is C18H29N3O3. The number of carboxylic acid groups (broad SMARTS) is 1. The van der Waals surface area contributed by atoms with Crippen molar-refractivity contribution in [3.05, 3.63) is 17.5 Å². The van der Waals surface area contributed by atoms with Gasteiger partial charge in [0.05, 0.1) is 5.69 Å². The van der Waals surface area contributed by atoms with Crippen molar-refractivity contribution in [1.29, 1.82) is 0 Å². The molecule has 1 fully saturated rings. The van der Waals surface area contributed by atoms with Crippen LogP contribution in [0.15, 0.2) is 6.07 Å². The van der Waals surface area contributed by atoms with Crippen LogP contribution in [-0.2, 0) is 11.3 Å². The number of aliphatic carboxylic acids is 1. The second-order valence-electron chi connectivity index (χ2n) is 7.03. The number of carboxylic acids is 1. The predicted octanol–water partition coefficient (Wildman–Crippen LogP) is 3.18. The van der Waals surface area contributed by atoms with E-state index in [9.17, 15) is 14.7 Å². The van der Waals surface area contributed by atoms with Gasteiger partial charge >= 0.3 is 5.97 Å². The van der Waals surface area contributed by atoms with Crippen molar-refractivity contribution in [3.8, 4) is 0 Å². The van der Waals surface area contributed by atoms with E-state index in [1.54, 1.807) is 10.7 Å². The quantitative estimate of drug-likeness (QED) is 0.801. The average Bonchev–Trinajstić information content (AvgIpc) is 2.99. The molecule has 1 amide bonds. The smallest absolute Gasteiger partial charge is 0.326 e. The van der Waals surface area contributed by atoms with Gasteiger partial charge < -0.3 is 10.4 Å². The molecule has 1 aliphatic carbocycles. The Bertz CT molecular complexity index is 574. The van der Waals surface area contributed by atoms with Gasteiger partial charge in [0.25, 0.3) is 5.91 Å². The monoisotopic (exact) mass is 335 g/mol. The van der Waals surface area contributed by atoms with Crippen molar-refractivity contribution in [2.24, 2.45) is 5.92 Å². The van der Waals surface area contributed by atoms with Gasteiger partial charge in [-0.05, 0) is 31.2 Å². The summed E-state index contributed by atoms with van der Waals surface area (Å²) in [4.78, 5) is 24.2.